The number of hydrogen-bond donors (Lipinski definition) is 1. The van der Waals surface area contributed by atoms with Gasteiger partial charge in [0.2, 0.25) is 0 Å². The standard InChI is InChI=1S/C15H32N2/c1-11(2)9-17(12(3)4)10-14-8-13(5)6-7-15(14)16/h11-15H,6-10,16H2,1-5H3. The van der Waals surface area contributed by atoms with Gasteiger partial charge in [0.1, 0.15) is 0 Å². The highest BCUT2D eigenvalue weighted by Crippen LogP contribution is 2.29. The Morgan fingerprint density at radius 3 is 2.35 bits per heavy atom. The quantitative estimate of drug-likeness (QED) is 0.800. The van der Waals surface area contributed by atoms with Crippen LogP contribution in [0.2, 0.25) is 0 Å². The molecule has 1 fully saturated rings. The van der Waals surface area contributed by atoms with Gasteiger partial charge in [-0.2, -0.15) is 0 Å². The minimum Gasteiger partial charge on any atom is -0.327 e. The molecule has 0 heterocycles. The molecule has 3 atom stereocenters. The lowest BCUT2D eigenvalue weighted by Crippen LogP contribution is -2.45. The average Bonchev–Trinajstić information content (AvgIpc) is 2.21. The van der Waals surface area contributed by atoms with Gasteiger partial charge in [-0.3, -0.25) is 0 Å². The molecule has 17 heavy (non-hydrogen) atoms. The predicted molar refractivity (Wildman–Crippen MR) is 76.0 cm³/mol. The van der Waals surface area contributed by atoms with Crippen LogP contribution in [0.25, 0.3) is 0 Å². The van der Waals surface area contributed by atoms with Crippen molar-refractivity contribution in [1.82, 2.24) is 4.90 Å². The summed E-state index contributed by atoms with van der Waals surface area (Å²) in [5.41, 5.74) is 6.29. The van der Waals surface area contributed by atoms with E-state index in [1.807, 2.05) is 0 Å². The van der Waals surface area contributed by atoms with Crippen LogP contribution in [0.3, 0.4) is 0 Å². The van der Waals surface area contributed by atoms with E-state index in [9.17, 15) is 0 Å². The Bertz CT molecular complexity index is 211. The summed E-state index contributed by atoms with van der Waals surface area (Å²) in [6.07, 6.45) is 3.87. The van der Waals surface area contributed by atoms with E-state index in [4.69, 9.17) is 5.73 Å². The predicted octanol–water partition coefficient (Wildman–Crippen LogP) is 3.12. The average molecular weight is 240 g/mol. The molecule has 1 saturated carbocycles. The molecular formula is C15H32N2. The lowest BCUT2D eigenvalue weighted by molar-refractivity contribution is 0.125. The van der Waals surface area contributed by atoms with E-state index in [2.05, 4.69) is 39.5 Å². The second kappa shape index (κ2) is 6.75. The summed E-state index contributed by atoms with van der Waals surface area (Å²) in [5, 5.41) is 0. The Labute approximate surface area is 108 Å². The normalized spacial score (nSPS) is 30.5. The Kier molecular flexibility index (Phi) is 5.94. The van der Waals surface area contributed by atoms with Crippen molar-refractivity contribution in [3.05, 3.63) is 0 Å². The molecular weight excluding hydrogens is 208 g/mol. The van der Waals surface area contributed by atoms with Crippen LogP contribution in [0.15, 0.2) is 0 Å². The summed E-state index contributed by atoms with van der Waals surface area (Å²) in [4.78, 5) is 2.62. The van der Waals surface area contributed by atoms with E-state index in [1.54, 1.807) is 0 Å². The molecule has 2 N–H and O–H groups in total. The summed E-state index contributed by atoms with van der Waals surface area (Å²) in [7, 11) is 0. The van der Waals surface area contributed by atoms with Crippen LogP contribution in [0.5, 0.6) is 0 Å². The van der Waals surface area contributed by atoms with Crippen molar-refractivity contribution in [2.24, 2.45) is 23.5 Å². The summed E-state index contributed by atoms with van der Waals surface area (Å²) < 4.78 is 0. The molecule has 0 spiro atoms. The Balaban J connectivity index is 2.52. The molecule has 102 valence electrons. The molecule has 1 aliphatic rings. The van der Waals surface area contributed by atoms with Gasteiger partial charge in [-0.1, -0.05) is 20.8 Å². The lowest BCUT2D eigenvalue weighted by atomic mass is 9.79. The van der Waals surface area contributed by atoms with Crippen molar-refractivity contribution in [2.75, 3.05) is 13.1 Å². The Hall–Kier alpha value is -0.0800. The first kappa shape index (κ1) is 15.0. The molecule has 0 aromatic heterocycles. The Morgan fingerprint density at radius 2 is 1.82 bits per heavy atom. The second-order valence-electron chi connectivity index (χ2n) is 6.78. The van der Waals surface area contributed by atoms with Gasteiger partial charge in [0.05, 0.1) is 0 Å². The maximum absolute atomic E-state index is 6.29. The fraction of sp³-hybridized carbons (Fsp3) is 1.00. The van der Waals surface area contributed by atoms with Crippen LogP contribution in [0, 0.1) is 17.8 Å². The fourth-order valence-corrected chi connectivity index (χ4v) is 3.00. The molecule has 2 nitrogen and oxygen atoms in total. The highest BCUT2D eigenvalue weighted by Gasteiger charge is 2.28. The van der Waals surface area contributed by atoms with Gasteiger partial charge in [0, 0.05) is 25.2 Å². The van der Waals surface area contributed by atoms with Crippen molar-refractivity contribution >= 4 is 0 Å². The molecule has 0 aromatic rings. The van der Waals surface area contributed by atoms with Crippen LogP contribution in [0.4, 0.5) is 0 Å². The van der Waals surface area contributed by atoms with E-state index in [1.165, 1.54) is 32.4 Å². The third-order valence-electron chi connectivity index (χ3n) is 4.10. The zero-order chi connectivity index (χ0) is 13.0. The summed E-state index contributed by atoms with van der Waals surface area (Å²) in [6.45, 7) is 14.0. The highest BCUT2D eigenvalue weighted by molar-refractivity contribution is 4.84. The molecule has 3 unspecified atom stereocenters. The molecule has 1 rings (SSSR count). The van der Waals surface area contributed by atoms with Gasteiger partial charge in [-0.25, -0.2) is 0 Å². The third-order valence-corrected chi connectivity index (χ3v) is 4.10. The van der Waals surface area contributed by atoms with E-state index in [0.717, 1.165) is 11.8 Å². The minimum atomic E-state index is 0.430. The molecule has 0 amide bonds. The van der Waals surface area contributed by atoms with E-state index < -0.39 is 0 Å². The van der Waals surface area contributed by atoms with Crippen molar-refractivity contribution in [2.45, 2.75) is 66.0 Å². The fourth-order valence-electron chi connectivity index (χ4n) is 3.00. The zero-order valence-electron chi connectivity index (χ0n) is 12.4. The van der Waals surface area contributed by atoms with Gasteiger partial charge >= 0.3 is 0 Å². The van der Waals surface area contributed by atoms with Gasteiger partial charge in [0.15, 0.2) is 0 Å². The maximum atomic E-state index is 6.29. The van der Waals surface area contributed by atoms with Gasteiger partial charge in [-0.15, -0.1) is 0 Å². The zero-order valence-corrected chi connectivity index (χ0v) is 12.4. The number of nitrogens with two attached hydrogens (primary N) is 1. The number of nitrogens with zero attached hydrogens (tertiary/aromatic N) is 1. The largest absolute Gasteiger partial charge is 0.327 e. The lowest BCUT2D eigenvalue weighted by Gasteiger charge is -2.38. The van der Waals surface area contributed by atoms with E-state index >= 15 is 0 Å². The minimum absolute atomic E-state index is 0.430. The number of rotatable bonds is 5. The van der Waals surface area contributed by atoms with Crippen LogP contribution < -0.4 is 5.73 Å². The molecule has 0 radical (unpaired) electrons. The summed E-state index contributed by atoms with van der Waals surface area (Å²) >= 11 is 0. The smallest absolute Gasteiger partial charge is 0.00795 e. The first-order chi connectivity index (χ1) is 7.90. The Morgan fingerprint density at radius 1 is 1.18 bits per heavy atom. The van der Waals surface area contributed by atoms with Crippen molar-refractivity contribution in [3.63, 3.8) is 0 Å². The van der Waals surface area contributed by atoms with Gasteiger partial charge in [0.25, 0.3) is 0 Å². The van der Waals surface area contributed by atoms with Crippen molar-refractivity contribution in [3.8, 4) is 0 Å². The van der Waals surface area contributed by atoms with Crippen molar-refractivity contribution < 1.29 is 0 Å². The van der Waals surface area contributed by atoms with Crippen LogP contribution in [0.1, 0.15) is 53.9 Å². The number of hydrogen-bond acceptors (Lipinski definition) is 2. The first-order valence-electron chi connectivity index (χ1n) is 7.39. The molecule has 0 aliphatic heterocycles. The monoisotopic (exact) mass is 240 g/mol. The molecule has 0 saturated heterocycles. The topological polar surface area (TPSA) is 29.3 Å². The van der Waals surface area contributed by atoms with Crippen LogP contribution >= 0.6 is 0 Å². The van der Waals surface area contributed by atoms with Gasteiger partial charge < -0.3 is 10.6 Å². The highest BCUT2D eigenvalue weighted by atomic mass is 15.1. The van der Waals surface area contributed by atoms with Crippen molar-refractivity contribution in [1.29, 1.82) is 0 Å². The van der Waals surface area contributed by atoms with Crippen LogP contribution in [-0.4, -0.2) is 30.1 Å². The molecule has 0 aromatic carbocycles. The third kappa shape index (κ3) is 4.97. The first-order valence-corrected chi connectivity index (χ1v) is 7.39. The summed E-state index contributed by atoms with van der Waals surface area (Å²) in [6, 6.07) is 1.07. The van der Waals surface area contributed by atoms with Crippen LogP contribution in [-0.2, 0) is 0 Å². The van der Waals surface area contributed by atoms with Gasteiger partial charge in [-0.05, 0) is 50.9 Å². The van der Waals surface area contributed by atoms with E-state index in [-0.39, 0.29) is 0 Å². The molecule has 2 heteroatoms. The molecule has 0 bridgehead atoms. The van der Waals surface area contributed by atoms with E-state index in [0.29, 0.717) is 18.0 Å². The molecule has 1 aliphatic carbocycles. The second-order valence-corrected chi connectivity index (χ2v) is 6.78. The maximum Gasteiger partial charge on any atom is 0.00795 e. The summed E-state index contributed by atoms with van der Waals surface area (Å²) in [5.74, 6) is 2.32. The SMILES string of the molecule is CC(C)CN(CC1CC(C)CCC1N)C(C)C.